The van der Waals surface area contributed by atoms with E-state index in [1.807, 2.05) is 13.8 Å². The van der Waals surface area contributed by atoms with Crippen LogP contribution >= 0.6 is 0 Å². The Morgan fingerprint density at radius 3 is 2.31 bits per heavy atom. The molecule has 35 heavy (non-hydrogen) atoms. The molecular weight excluding hydrogens is 469 g/mol. The molecule has 0 unspecified atom stereocenters. The predicted molar refractivity (Wildman–Crippen MR) is 132 cm³/mol. The standard InChI is InChI=1S/C26H24FN3O4S/c1-16(2)18-5-11-21(12-6-18)35(33,34)23-14-30(26-22(25(23)32)13-4-17(3)28-26)15-24(31)29-20-9-7-19(27)8-10-20/h4-14,16H,15H2,1-3H3,(H,29,31). The molecule has 1 N–H and O–H groups in total. The van der Waals surface area contributed by atoms with Crippen molar-refractivity contribution in [3.8, 4) is 0 Å². The molecule has 4 rings (SSSR count). The van der Waals surface area contributed by atoms with E-state index in [0.717, 1.165) is 11.8 Å². The smallest absolute Gasteiger partial charge is 0.244 e. The van der Waals surface area contributed by atoms with Crippen LogP contribution in [0.3, 0.4) is 0 Å². The minimum atomic E-state index is -4.17. The van der Waals surface area contributed by atoms with Crippen molar-refractivity contribution in [3.05, 3.63) is 94.2 Å². The fourth-order valence-corrected chi connectivity index (χ4v) is 5.06. The summed E-state index contributed by atoms with van der Waals surface area (Å²) in [7, 11) is -4.17. The molecule has 1 amide bonds. The summed E-state index contributed by atoms with van der Waals surface area (Å²) in [5.41, 5.74) is 1.46. The zero-order valence-electron chi connectivity index (χ0n) is 19.4. The summed E-state index contributed by atoms with van der Waals surface area (Å²) in [6, 6.07) is 14.8. The monoisotopic (exact) mass is 493 g/mol. The number of hydrogen-bond donors (Lipinski definition) is 1. The lowest BCUT2D eigenvalue weighted by Crippen LogP contribution is -2.24. The van der Waals surface area contributed by atoms with E-state index in [1.54, 1.807) is 25.1 Å². The number of aryl methyl sites for hydroxylation is 1. The van der Waals surface area contributed by atoms with Crippen molar-refractivity contribution in [2.24, 2.45) is 0 Å². The van der Waals surface area contributed by atoms with Crippen molar-refractivity contribution in [3.63, 3.8) is 0 Å². The van der Waals surface area contributed by atoms with Crippen LogP contribution in [-0.2, 0) is 21.2 Å². The fraction of sp³-hybridized carbons (Fsp3) is 0.192. The quantitative estimate of drug-likeness (QED) is 0.428. The van der Waals surface area contributed by atoms with E-state index < -0.39 is 31.9 Å². The first-order chi connectivity index (χ1) is 16.6. The third kappa shape index (κ3) is 5.00. The van der Waals surface area contributed by atoms with E-state index in [2.05, 4.69) is 10.3 Å². The third-order valence-electron chi connectivity index (χ3n) is 5.62. The molecule has 0 bridgehead atoms. The van der Waals surface area contributed by atoms with Gasteiger partial charge in [-0.25, -0.2) is 17.8 Å². The van der Waals surface area contributed by atoms with E-state index in [9.17, 15) is 22.4 Å². The van der Waals surface area contributed by atoms with Gasteiger partial charge in [-0.2, -0.15) is 0 Å². The van der Waals surface area contributed by atoms with Crippen LogP contribution in [0, 0.1) is 12.7 Å². The van der Waals surface area contributed by atoms with Gasteiger partial charge in [-0.3, -0.25) is 9.59 Å². The molecule has 2 aromatic carbocycles. The minimum Gasteiger partial charge on any atom is -0.325 e. The van der Waals surface area contributed by atoms with Gasteiger partial charge in [-0.05, 0) is 66.9 Å². The molecule has 2 heterocycles. The minimum absolute atomic E-state index is 0.0132. The zero-order chi connectivity index (χ0) is 25.3. The van der Waals surface area contributed by atoms with Crippen LogP contribution in [0.1, 0.15) is 31.0 Å². The largest absolute Gasteiger partial charge is 0.325 e. The molecule has 0 aliphatic heterocycles. The van der Waals surface area contributed by atoms with Crippen LogP contribution in [0.2, 0.25) is 0 Å². The Labute approximate surface area is 202 Å². The van der Waals surface area contributed by atoms with Gasteiger partial charge in [0, 0.05) is 17.6 Å². The summed E-state index contributed by atoms with van der Waals surface area (Å²) in [6.45, 7) is 5.42. The molecule has 7 nitrogen and oxygen atoms in total. The lowest BCUT2D eigenvalue weighted by Gasteiger charge is -2.14. The number of amides is 1. The summed E-state index contributed by atoms with van der Waals surface area (Å²) >= 11 is 0. The van der Waals surface area contributed by atoms with Gasteiger partial charge in [0.05, 0.1) is 10.3 Å². The number of halogens is 1. The number of pyridine rings is 2. The number of nitrogens with one attached hydrogen (secondary N) is 1. The van der Waals surface area contributed by atoms with Gasteiger partial charge in [-0.15, -0.1) is 0 Å². The molecule has 0 spiro atoms. The number of rotatable bonds is 6. The van der Waals surface area contributed by atoms with Gasteiger partial charge in [-0.1, -0.05) is 26.0 Å². The van der Waals surface area contributed by atoms with Crippen LogP contribution in [-0.4, -0.2) is 23.9 Å². The molecule has 9 heteroatoms. The normalized spacial score (nSPS) is 11.7. The maximum Gasteiger partial charge on any atom is 0.244 e. The van der Waals surface area contributed by atoms with Gasteiger partial charge < -0.3 is 9.88 Å². The average Bonchev–Trinajstić information content (AvgIpc) is 2.82. The van der Waals surface area contributed by atoms with Gasteiger partial charge in [0.15, 0.2) is 0 Å². The van der Waals surface area contributed by atoms with Crippen LogP contribution < -0.4 is 10.7 Å². The SMILES string of the molecule is Cc1ccc2c(=O)c(S(=O)(=O)c3ccc(C(C)C)cc3)cn(CC(=O)Nc3ccc(F)cc3)c2n1. The van der Waals surface area contributed by atoms with Crippen molar-refractivity contribution in [1.82, 2.24) is 9.55 Å². The Kier molecular flexibility index (Phi) is 6.53. The van der Waals surface area contributed by atoms with Crippen molar-refractivity contribution < 1.29 is 17.6 Å². The summed E-state index contributed by atoms with van der Waals surface area (Å²) in [6.07, 6.45) is 1.16. The average molecular weight is 494 g/mol. The van der Waals surface area contributed by atoms with Gasteiger partial charge in [0.2, 0.25) is 21.2 Å². The van der Waals surface area contributed by atoms with Crippen molar-refractivity contribution in [2.75, 3.05) is 5.32 Å². The first-order valence-corrected chi connectivity index (χ1v) is 12.5. The number of aromatic nitrogens is 2. The number of fused-ring (bicyclic) bond motifs is 1. The highest BCUT2D eigenvalue weighted by Crippen LogP contribution is 2.23. The molecule has 0 atom stereocenters. The van der Waals surface area contributed by atoms with Crippen molar-refractivity contribution in [2.45, 2.75) is 43.0 Å². The number of carbonyl (C=O) groups is 1. The third-order valence-corrected chi connectivity index (χ3v) is 7.38. The zero-order valence-corrected chi connectivity index (χ0v) is 20.3. The van der Waals surface area contributed by atoms with E-state index in [1.165, 1.54) is 47.0 Å². The molecule has 2 aromatic heterocycles. The first-order valence-electron chi connectivity index (χ1n) is 11.0. The summed E-state index contributed by atoms with van der Waals surface area (Å²) < 4.78 is 41.4. The molecule has 0 saturated heterocycles. The predicted octanol–water partition coefficient (Wildman–Crippen LogP) is 4.44. The number of benzene rings is 2. The van der Waals surface area contributed by atoms with Gasteiger partial charge in [0.1, 0.15) is 22.9 Å². The van der Waals surface area contributed by atoms with Gasteiger partial charge >= 0.3 is 0 Å². The van der Waals surface area contributed by atoms with Crippen molar-refractivity contribution in [1.29, 1.82) is 0 Å². The lowest BCUT2D eigenvalue weighted by molar-refractivity contribution is -0.116. The molecule has 0 fully saturated rings. The molecular formula is C26H24FN3O4S. The number of hydrogen-bond acceptors (Lipinski definition) is 5. The molecule has 0 aliphatic rings. The second-order valence-corrected chi connectivity index (χ2v) is 10.5. The Balaban J connectivity index is 1.79. The lowest BCUT2D eigenvalue weighted by atomic mass is 10.0. The number of anilines is 1. The van der Waals surface area contributed by atoms with E-state index in [-0.39, 0.29) is 28.4 Å². The molecule has 4 aromatic rings. The number of sulfone groups is 1. The second kappa shape index (κ2) is 9.42. The van der Waals surface area contributed by atoms with Gasteiger partial charge in [0.25, 0.3) is 0 Å². The number of carbonyl (C=O) groups excluding carboxylic acids is 1. The Hall–Kier alpha value is -3.85. The summed E-state index contributed by atoms with van der Waals surface area (Å²) in [5.74, 6) is -0.710. The Bertz CT molecular complexity index is 1580. The second-order valence-electron chi connectivity index (χ2n) is 8.56. The van der Waals surface area contributed by atoms with Crippen molar-refractivity contribution >= 4 is 32.5 Å². The molecule has 0 saturated carbocycles. The molecule has 180 valence electrons. The van der Waals surface area contributed by atoms with Crippen LogP contribution in [0.5, 0.6) is 0 Å². The summed E-state index contributed by atoms with van der Waals surface area (Å²) in [5, 5.41) is 2.72. The van der Waals surface area contributed by atoms with E-state index in [0.29, 0.717) is 11.4 Å². The van der Waals surface area contributed by atoms with E-state index >= 15 is 0 Å². The maximum absolute atomic E-state index is 13.4. The Morgan fingerprint density at radius 2 is 1.69 bits per heavy atom. The highest BCUT2D eigenvalue weighted by molar-refractivity contribution is 7.91. The highest BCUT2D eigenvalue weighted by Gasteiger charge is 2.25. The maximum atomic E-state index is 13.4. The first kappa shape index (κ1) is 24.3. The van der Waals surface area contributed by atoms with E-state index in [4.69, 9.17) is 0 Å². The topological polar surface area (TPSA) is 98.1 Å². The molecule has 0 aliphatic carbocycles. The molecule has 0 radical (unpaired) electrons. The van der Waals surface area contributed by atoms with Crippen LogP contribution in [0.15, 0.2) is 81.4 Å². The van der Waals surface area contributed by atoms with Crippen LogP contribution in [0.25, 0.3) is 11.0 Å². The Morgan fingerprint density at radius 1 is 1.03 bits per heavy atom. The number of nitrogens with zero attached hydrogens (tertiary/aromatic N) is 2. The highest BCUT2D eigenvalue weighted by atomic mass is 32.2. The summed E-state index contributed by atoms with van der Waals surface area (Å²) in [4.78, 5) is 29.9. The fourth-order valence-electron chi connectivity index (χ4n) is 3.69. The van der Waals surface area contributed by atoms with Crippen LogP contribution in [0.4, 0.5) is 10.1 Å².